The highest BCUT2D eigenvalue weighted by atomic mass is 16.4. The maximum absolute atomic E-state index is 12.2. The van der Waals surface area contributed by atoms with Crippen LogP contribution >= 0.6 is 0 Å². The highest BCUT2D eigenvalue weighted by molar-refractivity contribution is 5.85. The summed E-state index contributed by atoms with van der Waals surface area (Å²) in [5.41, 5.74) is 0.881. The second kappa shape index (κ2) is 5.61. The molecule has 1 heterocycles. The summed E-state index contributed by atoms with van der Waals surface area (Å²) in [6, 6.07) is 3.12. The zero-order valence-electron chi connectivity index (χ0n) is 11.8. The monoisotopic (exact) mass is 276 g/mol. The lowest BCUT2D eigenvalue weighted by molar-refractivity contribution is -0.127. The first kappa shape index (κ1) is 14.5. The van der Waals surface area contributed by atoms with Crippen LogP contribution in [0.3, 0.4) is 0 Å². The minimum Gasteiger partial charge on any atom is -0.477 e. The molecular weight excluding hydrogens is 256 g/mol. The summed E-state index contributed by atoms with van der Waals surface area (Å²) in [5.74, 6) is -0.906. The molecule has 1 saturated carbocycles. The summed E-state index contributed by atoms with van der Waals surface area (Å²) >= 11 is 0. The van der Waals surface area contributed by atoms with Crippen LogP contribution in [0.25, 0.3) is 0 Å². The quantitative estimate of drug-likeness (QED) is 0.883. The Hall–Kier alpha value is -1.91. The van der Waals surface area contributed by atoms with Gasteiger partial charge in [0.25, 0.3) is 0 Å². The lowest BCUT2D eigenvalue weighted by Crippen LogP contribution is -2.35. The molecule has 1 aliphatic carbocycles. The van der Waals surface area contributed by atoms with Crippen molar-refractivity contribution in [3.8, 4) is 0 Å². The Bertz CT molecular complexity index is 508. The number of hydrogen-bond acceptors (Lipinski definition) is 3. The maximum Gasteiger partial charge on any atom is 0.354 e. The first-order chi connectivity index (χ1) is 9.40. The van der Waals surface area contributed by atoms with E-state index in [1.165, 1.54) is 12.3 Å². The van der Waals surface area contributed by atoms with E-state index in [-0.39, 0.29) is 22.9 Å². The number of hydrogen-bond donors (Lipinski definition) is 2. The van der Waals surface area contributed by atoms with Crippen LogP contribution < -0.4 is 5.32 Å². The van der Waals surface area contributed by atoms with Crippen LogP contribution in [0, 0.1) is 11.3 Å². The van der Waals surface area contributed by atoms with Crippen LogP contribution in [0.4, 0.5) is 0 Å². The van der Waals surface area contributed by atoms with Gasteiger partial charge < -0.3 is 10.4 Å². The zero-order chi connectivity index (χ0) is 14.8. The standard InChI is InChI=1S/C15H20N2O3/c1-15(2)7-3-4-11(15)13(18)17-9-10-5-6-12(14(19)20)16-8-10/h5-6,8,11H,3-4,7,9H2,1-2H3,(H,17,18)(H,19,20). The minimum absolute atomic E-state index is 0.0111. The van der Waals surface area contributed by atoms with Gasteiger partial charge in [-0.1, -0.05) is 26.3 Å². The molecule has 1 aromatic rings. The van der Waals surface area contributed by atoms with Gasteiger partial charge in [-0.25, -0.2) is 9.78 Å². The predicted molar refractivity (Wildman–Crippen MR) is 74.2 cm³/mol. The van der Waals surface area contributed by atoms with E-state index in [9.17, 15) is 9.59 Å². The molecule has 0 spiro atoms. The number of aromatic carboxylic acids is 1. The van der Waals surface area contributed by atoms with Crippen molar-refractivity contribution in [3.05, 3.63) is 29.6 Å². The van der Waals surface area contributed by atoms with Crippen LogP contribution in [0.1, 0.15) is 49.2 Å². The molecule has 1 aromatic heterocycles. The Balaban J connectivity index is 1.92. The molecule has 1 atom stereocenters. The molecule has 1 aliphatic rings. The first-order valence-corrected chi connectivity index (χ1v) is 6.86. The van der Waals surface area contributed by atoms with Crippen molar-refractivity contribution in [2.24, 2.45) is 11.3 Å². The van der Waals surface area contributed by atoms with E-state index in [0.29, 0.717) is 6.54 Å². The summed E-state index contributed by atoms with van der Waals surface area (Å²) < 4.78 is 0. The summed E-state index contributed by atoms with van der Waals surface area (Å²) in [5, 5.41) is 11.7. The Morgan fingerprint density at radius 3 is 2.70 bits per heavy atom. The van der Waals surface area contributed by atoms with Crippen LogP contribution in [0.15, 0.2) is 18.3 Å². The molecule has 1 unspecified atom stereocenters. The molecule has 0 radical (unpaired) electrons. The lowest BCUT2D eigenvalue weighted by atomic mass is 9.81. The molecule has 20 heavy (non-hydrogen) atoms. The molecule has 1 amide bonds. The van der Waals surface area contributed by atoms with Gasteiger partial charge in [0.15, 0.2) is 0 Å². The molecule has 2 rings (SSSR count). The van der Waals surface area contributed by atoms with E-state index >= 15 is 0 Å². The zero-order valence-corrected chi connectivity index (χ0v) is 11.8. The molecule has 5 nitrogen and oxygen atoms in total. The molecule has 0 aliphatic heterocycles. The number of carbonyl (C=O) groups is 2. The van der Waals surface area contributed by atoms with Gasteiger partial charge in [0, 0.05) is 18.7 Å². The number of nitrogens with zero attached hydrogens (tertiary/aromatic N) is 1. The van der Waals surface area contributed by atoms with Crippen molar-refractivity contribution in [2.45, 2.75) is 39.7 Å². The minimum atomic E-state index is -1.05. The summed E-state index contributed by atoms with van der Waals surface area (Å²) in [6.45, 7) is 4.65. The highest BCUT2D eigenvalue weighted by Gasteiger charge is 2.38. The van der Waals surface area contributed by atoms with Gasteiger partial charge in [0.1, 0.15) is 5.69 Å². The third-order valence-electron chi connectivity index (χ3n) is 4.08. The Morgan fingerprint density at radius 2 is 2.20 bits per heavy atom. The number of rotatable bonds is 4. The van der Waals surface area contributed by atoms with Gasteiger partial charge in [-0.05, 0) is 29.9 Å². The second-order valence-electron chi connectivity index (χ2n) is 6.01. The Labute approximate surface area is 118 Å². The lowest BCUT2D eigenvalue weighted by Gasteiger charge is -2.25. The fraction of sp³-hybridized carbons (Fsp3) is 0.533. The van der Waals surface area contributed by atoms with E-state index < -0.39 is 5.97 Å². The molecule has 1 fully saturated rings. The van der Waals surface area contributed by atoms with Crippen molar-refractivity contribution < 1.29 is 14.7 Å². The van der Waals surface area contributed by atoms with E-state index in [1.54, 1.807) is 6.07 Å². The fourth-order valence-electron chi connectivity index (χ4n) is 2.78. The summed E-state index contributed by atoms with van der Waals surface area (Å²) in [4.78, 5) is 26.7. The third-order valence-corrected chi connectivity index (χ3v) is 4.08. The topological polar surface area (TPSA) is 79.3 Å². The van der Waals surface area contributed by atoms with E-state index in [0.717, 1.165) is 24.8 Å². The van der Waals surface area contributed by atoms with E-state index in [4.69, 9.17) is 5.11 Å². The van der Waals surface area contributed by atoms with Crippen molar-refractivity contribution in [1.29, 1.82) is 0 Å². The third kappa shape index (κ3) is 3.15. The van der Waals surface area contributed by atoms with Crippen LogP contribution in [-0.4, -0.2) is 22.0 Å². The average Bonchev–Trinajstić information content (AvgIpc) is 2.76. The number of carbonyl (C=O) groups excluding carboxylic acids is 1. The number of carboxylic acid groups (broad SMARTS) is 1. The molecule has 2 N–H and O–H groups in total. The van der Waals surface area contributed by atoms with Gasteiger partial charge in [-0.15, -0.1) is 0 Å². The SMILES string of the molecule is CC1(C)CCCC1C(=O)NCc1ccc(C(=O)O)nc1. The number of carboxylic acids is 1. The molecule has 0 bridgehead atoms. The van der Waals surface area contributed by atoms with Gasteiger partial charge in [-0.2, -0.15) is 0 Å². The number of amides is 1. The molecule has 108 valence electrons. The fourth-order valence-corrected chi connectivity index (χ4v) is 2.78. The predicted octanol–water partition coefficient (Wildman–Crippen LogP) is 2.22. The summed E-state index contributed by atoms with van der Waals surface area (Å²) in [6.07, 6.45) is 4.61. The Morgan fingerprint density at radius 1 is 1.45 bits per heavy atom. The van der Waals surface area contributed by atoms with Crippen LogP contribution in [0.5, 0.6) is 0 Å². The van der Waals surface area contributed by atoms with E-state index in [1.807, 2.05) is 0 Å². The number of aromatic nitrogens is 1. The maximum atomic E-state index is 12.2. The summed E-state index contributed by atoms with van der Waals surface area (Å²) in [7, 11) is 0. The highest BCUT2D eigenvalue weighted by Crippen LogP contribution is 2.42. The number of pyridine rings is 1. The van der Waals surface area contributed by atoms with Crippen molar-refractivity contribution >= 4 is 11.9 Å². The van der Waals surface area contributed by atoms with Gasteiger partial charge in [0.2, 0.25) is 5.91 Å². The van der Waals surface area contributed by atoms with Gasteiger partial charge in [-0.3, -0.25) is 4.79 Å². The molecule has 0 aromatic carbocycles. The average molecular weight is 276 g/mol. The Kier molecular flexibility index (Phi) is 4.06. The molecular formula is C15H20N2O3. The van der Waals surface area contributed by atoms with Crippen molar-refractivity contribution in [1.82, 2.24) is 10.3 Å². The molecule has 0 saturated heterocycles. The smallest absolute Gasteiger partial charge is 0.354 e. The van der Waals surface area contributed by atoms with E-state index in [2.05, 4.69) is 24.1 Å². The van der Waals surface area contributed by atoms with Gasteiger partial charge >= 0.3 is 5.97 Å². The van der Waals surface area contributed by atoms with Crippen molar-refractivity contribution in [2.75, 3.05) is 0 Å². The number of nitrogens with one attached hydrogen (secondary N) is 1. The van der Waals surface area contributed by atoms with Crippen molar-refractivity contribution in [3.63, 3.8) is 0 Å². The molecule has 5 heteroatoms. The largest absolute Gasteiger partial charge is 0.477 e. The first-order valence-electron chi connectivity index (χ1n) is 6.86. The normalized spacial score (nSPS) is 20.6. The van der Waals surface area contributed by atoms with Crippen LogP contribution in [0.2, 0.25) is 0 Å². The second-order valence-corrected chi connectivity index (χ2v) is 6.01. The van der Waals surface area contributed by atoms with Crippen LogP contribution in [-0.2, 0) is 11.3 Å². The van der Waals surface area contributed by atoms with Gasteiger partial charge in [0.05, 0.1) is 0 Å².